The third-order valence-electron chi connectivity index (χ3n) is 2.58. The van der Waals surface area contributed by atoms with Crippen LogP contribution >= 0.6 is 23.5 Å². The Labute approximate surface area is 116 Å². The Morgan fingerprint density at radius 3 is 2.39 bits per heavy atom. The number of methoxy groups -OCH3 is 1. The molecule has 0 aliphatic rings. The van der Waals surface area contributed by atoms with E-state index in [0.717, 1.165) is 4.47 Å². The van der Waals surface area contributed by atoms with Crippen molar-refractivity contribution in [3.05, 3.63) is 34.3 Å². The van der Waals surface area contributed by atoms with Crippen LogP contribution in [0.25, 0.3) is 0 Å². The van der Waals surface area contributed by atoms with Gasteiger partial charge in [-0.05, 0) is 31.0 Å². The van der Waals surface area contributed by atoms with Crippen LogP contribution in [0.2, 0.25) is 0 Å². The average molecular weight is 337 g/mol. The van der Waals surface area contributed by atoms with Crippen molar-refractivity contribution >= 4 is 23.5 Å². The molecule has 18 heavy (non-hydrogen) atoms. The van der Waals surface area contributed by atoms with Gasteiger partial charge in [-0.2, -0.15) is 0 Å². The molecule has 0 saturated heterocycles. The molecule has 0 bridgehead atoms. The van der Waals surface area contributed by atoms with Gasteiger partial charge < -0.3 is 14.2 Å². The number of halogens is 1. The molecule has 4 nitrogen and oxygen atoms in total. The van der Waals surface area contributed by atoms with Crippen LogP contribution in [-0.2, 0) is 13.8 Å². The highest BCUT2D eigenvalue weighted by atomic mass is 79.9. The van der Waals surface area contributed by atoms with E-state index in [0.29, 0.717) is 12.0 Å². The highest BCUT2D eigenvalue weighted by Crippen LogP contribution is 2.57. The fourth-order valence-electron chi connectivity index (χ4n) is 1.47. The predicted octanol–water partition coefficient (Wildman–Crippen LogP) is 4.09. The smallest absolute Gasteiger partial charge is 0.361 e. The van der Waals surface area contributed by atoms with E-state index in [-0.39, 0.29) is 6.10 Å². The molecule has 1 aromatic rings. The Morgan fingerprint density at radius 1 is 1.39 bits per heavy atom. The Bertz CT molecular complexity index is 421. The molecule has 0 aliphatic heterocycles. The van der Waals surface area contributed by atoms with E-state index in [1.165, 1.54) is 7.11 Å². The van der Waals surface area contributed by atoms with Gasteiger partial charge in [-0.3, -0.25) is 4.57 Å². The average Bonchev–Trinajstić information content (AvgIpc) is 2.31. The van der Waals surface area contributed by atoms with E-state index in [9.17, 15) is 9.46 Å². The van der Waals surface area contributed by atoms with E-state index in [1.54, 1.807) is 31.2 Å². The molecule has 1 rings (SSSR count). The van der Waals surface area contributed by atoms with Crippen LogP contribution in [0.4, 0.5) is 0 Å². The molecule has 102 valence electrons. The van der Waals surface area contributed by atoms with Crippen molar-refractivity contribution in [2.24, 2.45) is 0 Å². The maximum Gasteiger partial charge on any atom is 0.361 e. The lowest BCUT2D eigenvalue weighted by Gasteiger charge is -2.24. The lowest BCUT2D eigenvalue weighted by atomic mass is 10.2. The molecule has 0 heterocycles. The van der Waals surface area contributed by atoms with Crippen molar-refractivity contribution in [3.8, 4) is 0 Å². The summed E-state index contributed by atoms with van der Waals surface area (Å²) in [7, 11) is -2.45. The van der Waals surface area contributed by atoms with Crippen molar-refractivity contribution in [3.63, 3.8) is 0 Å². The van der Waals surface area contributed by atoms with Crippen LogP contribution in [0.3, 0.4) is 0 Å². The van der Waals surface area contributed by atoms with Crippen LogP contribution in [0.5, 0.6) is 0 Å². The van der Waals surface area contributed by atoms with Crippen molar-refractivity contribution in [1.29, 1.82) is 0 Å². The van der Waals surface area contributed by atoms with E-state index in [4.69, 9.17) is 9.26 Å². The van der Waals surface area contributed by atoms with E-state index >= 15 is 0 Å². The van der Waals surface area contributed by atoms with Crippen molar-refractivity contribution in [2.45, 2.75) is 32.2 Å². The van der Waals surface area contributed by atoms with Crippen LogP contribution in [-0.4, -0.2) is 18.1 Å². The third kappa shape index (κ3) is 4.18. The van der Waals surface area contributed by atoms with E-state index in [1.807, 2.05) is 6.92 Å². The first-order chi connectivity index (χ1) is 8.40. The lowest BCUT2D eigenvalue weighted by Crippen LogP contribution is -2.11. The van der Waals surface area contributed by atoms with Gasteiger partial charge in [0.2, 0.25) is 0 Å². The van der Waals surface area contributed by atoms with Gasteiger partial charge in [0, 0.05) is 11.6 Å². The second-order valence-corrected chi connectivity index (χ2v) is 6.75. The molecule has 0 fully saturated rings. The summed E-state index contributed by atoms with van der Waals surface area (Å²) in [6.07, 6.45) is 0.385. The number of hydrogen-bond donors (Lipinski definition) is 1. The highest BCUT2D eigenvalue weighted by molar-refractivity contribution is 9.10. The molecule has 1 aromatic carbocycles. The topological polar surface area (TPSA) is 55.8 Å². The van der Waals surface area contributed by atoms with Crippen molar-refractivity contribution in [1.82, 2.24) is 0 Å². The highest BCUT2D eigenvalue weighted by Gasteiger charge is 2.35. The summed E-state index contributed by atoms with van der Waals surface area (Å²) >= 11 is 3.31. The molecule has 3 atom stereocenters. The number of ether oxygens (including phenoxy) is 1. The number of benzene rings is 1. The second kappa shape index (κ2) is 6.83. The molecule has 1 N–H and O–H groups in total. The minimum absolute atomic E-state index is 0.283. The minimum Gasteiger partial charge on any atom is -0.364 e. The zero-order chi connectivity index (χ0) is 13.8. The molecule has 0 aromatic heterocycles. The maximum absolute atomic E-state index is 12.2. The van der Waals surface area contributed by atoms with Gasteiger partial charge in [-0.1, -0.05) is 35.0 Å². The van der Waals surface area contributed by atoms with Crippen molar-refractivity contribution in [2.75, 3.05) is 7.11 Å². The van der Waals surface area contributed by atoms with Crippen LogP contribution in [0, 0.1) is 0 Å². The summed E-state index contributed by atoms with van der Waals surface area (Å²) in [4.78, 5) is 10.00. The molecule has 0 saturated carbocycles. The minimum atomic E-state index is -3.85. The van der Waals surface area contributed by atoms with Crippen LogP contribution in [0.1, 0.15) is 31.7 Å². The zero-order valence-corrected chi connectivity index (χ0v) is 13.1. The van der Waals surface area contributed by atoms with Gasteiger partial charge in [0.1, 0.15) is 0 Å². The molecule has 0 amide bonds. The second-order valence-electron chi connectivity index (χ2n) is 4.03. The Balaban J connectivity index is 2.94. The van der Waals surface area contributed by atoms with Crippen molar-refractivity contribution < 1.29 is 18.7 Å². The normalized spacial score (nSPS) is 18.1. The predicted molar refractivity (Wildman–Crippen MR) is 74.6 cm³/mol. The van der Waals surface area contributed by atoms with Gasteiger partial charge in [-0.15, -0.1) is 0 Å². The molecular weight excluding hydrogens is 319 g/mol. The summed E-state index contributed by atoms with van der Waals surface area (Å²) in [5, 5.41) is 0. The summed E-state index contributed by atoms with van der Waals surface area (Å²) < 4.78 is 23.4. The van der Waals surface area contributed by atoms with Crippen LogP contribution in [0.15, 0.2) is 28.7 Å². The molecular formula is C12H18BrO4P. The molecule has 6 heteroatoms. The van der Waals surface area contributed by atoms with Gasteiger partial charge in [0.25, 0.3) is 0 Å². The van der Waals surface area contributed by atoms with Crippen LogP contribution < -0.4 is 0 Å². The molecule has 0 spiro atoms. The monoisotopic (exact) mass is 336 g/mol. The standard InChI is InChI=1S/C12H18BrO4P/c1-4-9(2)17-18(14,15)12(16-3)10-5-7-11(13)8-6-10/h5-9,12H,4H2,1-3H3,(H,14,15). The summed E-state index contributed by atoms with van der Waals surface area (Å²) in [5.41, 5.74) is 0.620. The summed E-state index contributed by atoms with van der Waals surface area (Å²) in [6.45, 7) is 3.66. The van der Waals surface area contributed by atoms with Gasteiger partial charge >= 0.3 is 7.60 Å². The number of rotatable bonds is 6. The largest absolute Gasteiger partial charge is 0.364 e. The van der Waals surface area contributed by atoms with E-state index in [2.05, 4.69) is 15.9 Å². The first-order valence-electron chi connectivity index (χ1n) is 5.69. The van der Waals surface area contributed by atoms with Gasteiger partial charge in [-0.25, -0.2) is 0 Å². The zero-order valence-electron chi connectivity index (χ0n) is 10.7. The first kappa shape index (κ1) is 15.9. The SMILES string of the molecule is CCC(C)OP(=O)(O)C(OC)c1ccc(Br)cc1. The fourth-order valence-corrected chi connectivity index (χ4v) is 3.33. The van der Waals surface area contributed by atoms with E-state index < -0.39 is 13.4 Å². The Morgan fingerprint density at radius 2 is 1.94 bits per heavy atom. The Kier molecular flexibility index (Phi) is 6.02. The molecule has 0 radical (unpaired) electrons. The fraction of sp³-hybridized carbons (Fsp3) is 0.500. The maximum atomic E-state index is 12.2. The number of hydrogen-bond acceptors (Lipinski definition) is 3. The first-order valence-corrected chi connectivity index (χ1v) is 8.13. The molecule has 0 aliphatic carbocycles. The summed E-state index contributed by atoms with van der Waals surface area (Å²) in [5.74, 6) is -0.959. The quantitative estimate of drug-likeness (QED) is 0.794. The third-order valence-corrected chi connectivity index (χ3v) is 4.87. The summed E-state index contributed by atoms with van der Waals surface area (Å²) in [6, 6.07) is 7.07. The lowest BCUT2D eigenvalue weighted by molar-refractivity contribution is 0.104. The van der Waals surface area contributed by atoms with Gasteiger partial charge in [0.15, 0.2) is 5.85 Å². The van der Waals surface area contributed by atoms with Gasteiger partial charge in [0.05, 0.1) is 6.10 Å². The Hall–Kier alpha value is -0.190. The molecule has 3 unspecified atom stereocenters.